The van der Waals surface area contributed by atoms with Crippen LogP contribution in [-0.4, -0.2) is 5.78 Å². The predicted octanol–water partition coefficient (Wildman–Crippen LogP) is 3.83. The second kappa shape index (κ2) is 4.63. The summed E-state index contributed by atoms with van der Waals surface area (Å²) in [5, 5.41) is 0. The van der Waals surface area contributed by atoms with Gasteiger partial charge in [-0.2, -0.15) is 13.2 Å². The molecule has 0 spiro atoms. The average molecular weight is 234 g/mol. The number of hydrogen-bond acceptors (Lipinski definition) is 1. The molecule has 88 valence electrons. The third-order valence-electron chi connectivity index (χ3n) is 2.06. The lowest BCUT2D eigenvalue weighted by Crippen LogP contribution is -2.13. The largest absolute Gasteiger partial charge is 0.417 e. The van der Waals surface area contributed by atoms with Crippen LogP contribution >= 0.6 is 0 Å². The number of hydrogen-bond donors (Lipinski definition) is 0. The van der Waals surface area contributed by atoms with Crippen molar-refractivity contribution >= 4 is 5.78 Å². The van der Waals surface area contributed by atoms with Crippen LogP contribution in [0.2, 0.25) is 0 Å². The van der Waals surface area contributed by atoms with E-state index in [1.54, 1.807) is 6.92 Å². The van der Waals surface area contributed by atoms with E-state index in [-0.39, 0.29) is 6.42 Å². The molecule has 0 amide bonds. The normalized spacial score (nSPS) is 11.6. The van der Waals surface area contributed by atoms with Gasteiger partial charge < -0.3 is 0 Å². The molecule has 0 radical (unpaired) electrons. The zero-order valence-electron chi connectivity index (χ0n) is 8.57. The summed E-state index contributed by atoms with van der Waals surface area (Å²) >= 11 is 0. The van der Waals surface area contributed by atoms with E-state index in [9.17, 15) is 22.4 Å². The van der Waals surface area contributed by atoms with Crippen LogP contribution in [0.4, 0.5) is 17.6 Å². The highest BCUT2D eigenvalue weighted by Crippen LogP contribution is 2.33. The number of carbonyl (C=O) groups is 1. The Morgan fingerprint density at radius 3 is 2.44 bits per heavy atom. The van der Waals surface area contributed by atoms with Crippen molar-refractivity contribution in [1.82, 2.24) is 0 Å². The highest BCUT2D eigenvalue weighted by atomic mass is 19.4. The Morgan fingerprint density at radius 2 is 1.94 bits per heavy atom. The third-order valence-corrected chi connectivity index (χ3v) is 2.06. The molecule has 5 heteroatoms. The van der Waals surface area contributed by atoms with E-state index in [0.29, 0.717) is 12.5 Å². The Kier molecular flexibility index (Phi) is 3.67. The van der Waals surface area contributed by atoms with Crippen LogP contribution in [0.15, 0.2) is 18.2 Å². The molecule has 0 heterocycles. The molecule has 1 nitrogen and oxygen atoms in total. The van der Waals surface area contributed by atoms with Gasteiger partial charge in [0.2, 0.25) is 0 Å². The van der Waals surface area contributed by atoms with Crippen molar-refractivity contribution in [2.75, 3.05) is 0 Å². The smallest absolute Gasteiger partial charge is 0.294 e. The third kappa shape index (κ3) is 2.81. The zero-order valence-corrected chi connectivity index (χ0v) is 8.57. The molecule has 0 aliphatic heterocycles. The highest BCUT2D eigenvalue weighted by Gasteiger charge is 2.35. The summed E-state index contributed by atoms with van der Waals surface area (Å²) in [4.78, 5) is 11.4. The molecule has 0 saturated heterocycles. The van der Waals surface area contributed by atoms with Crippen LogP contribution in [0.25, 0.3) is 0 Å². The zero-order chi connectivity index (χ0) is 12.3. The van der Waals surface area contributed by atoms with E-state index in [1.165, 1.54) is 0 Å². The maximum atomic E-state index is 12.7. The quantitative estimate of drug-likeness (QED) is 0.573. The predicted molar refractivity (Wildman–Crippen MR) is 50.6 cm³/mol. The van der Waals surface area contributed by atoms with E-state index in [0.717, 1.165) is 12.1 Å². The molecule has 0 saturated carbocycles. The molecule has 1 rings (SSSR count). The van der Waals surface area contributed by atoms with Gasteiger partial charge in [-0.25, -0.2) is 4.39 Å². The molecule has 1 aromatic rings. The first kappa shape index (κ1) is 12.7. The number of halogens is 4. The molecule has 0 atom stereocenters. The van der Waals surface area contributed by atoms with Crippen LogP contribution in [0.3, 0.4) is 0 Å². The molecule has 0 bridgehead atoms. The van der Waals surface area contributed by atoms with Crippen molar-refractivity contribution < 1.29 is 22.4 Å². The monoisotopic (exact) mass is 234 g/mol. The van der Waals surface area contributed by atoms with Gasteiger partial charge in [-0.15, -0.1) is 0 Å². The first-order valence-electron chi connectivity index (χ1n) is 4.76. The van der Waals surface area contributed by atoms with E-state index >= 15 is 0 Å². The Bertz CT molecular complexity index is 395. The molecule has 0 fully saturated rings. The Hall–Kier alpha value is -1.39. The van der Waals surface area contributed by atoms with E-state index in [1.807, 2.05) is 0 Å². The molecule has 0 aliphatic carbocycles. The number of alkyl halides is 3. The number of carbonyl (C=O) groups excluding carboxylic acids is 1. The second-order valence-electron chi connectivity index (χ2n) is 3.36. The minimum absolute atomic E-state index is 0.0225. The van der Waals surface area contributed by atoms with Gasteiger partial charge in [0.05, 0.1) is 5.56 Å². The molecule has 0 aliphatic rings. The summed E-state index contributed by atoms with van der Waals surface area (Å²) in [5.74, 6) is -1.62. The summed E-state index contributed by atoms with van der Waals surface area (Å²) in [6.45, 7) is 1.69. The number of benzene rings is 1. The summed E-state index contributed by atoms with van der Waals surface area (Å²) in [6.07, 6.45) is -4.23. The van der Waals surface area contributed by atoms with Crippen LogP contribution in [0.1, 0.15) is 35.7 Å². The van der Waals surface area contributed by atoms with Crippen molar-refractivity contribution in [3.63, 3.8) is 0 Å². The highest BCUT2D eigenvalue weighted by molar-refractivity contribution is 5.97. The first-order chi connectivity index (χ1) is 7.36. The summed E-state index contributed by atoms with van der Waals surface area (Å²) in [7, 11) is 0. The van der Waals surface area contributed by atoms with Gasteiger partial charge in [0, 0.05) is 12.0 Å². The lowest BCUT2D eigenvalue weighted by atomic mass is 10.0. The van der Waals surface area contributed by atoms with Crippen molar-refractivity contribution in [3.05, 3.63) is 35.1 Å². The minimum Gasteiger partial charge on any atom is -0.294 e. The maximum Gasteiger partial charge on any atom is 0.417 e. The van der Waals surface area contributed by atoms with E-state index in [4.69, 9.17) is 0 Å². The SMILES string of the molecule is CCCC(=O)c1ccc(F)cc1C(F)(F)F. The van der Waals surface area contributed by atoms with Crippen molar-refractivity contribution in [1.29, 1.82) is 0 Å². The maximum absolute atomic E-state index is 12.7. The summed E-state index contributed by atoms with van der Waals surface area (Å²) in [5.41, 5.74) is -1.67. The van der Waals surface area contributed by atoms with Crippen LogP contribution in [-0.2, 0) is 6.18 Å². The van der Waals surface area contributed by atoms with Crippen molar-refractivity contribution in [2.45, 2.75) is 25.9 Å². The standard InChI is InChI=1S/C11H10F4O/c1-2-3-10(16)8-5-4-7(12)6-9(8)11(13,14)15/h4-6H,2-3H2,1H3. The molecule has 1 aromatic carbocycles. The first-order valence-corrected chi connectivity index (χ1v) is 4.76. The number of rotatable bonds is 3. The van der Waals surface area contributed by atoms with E-state index < -0.39 is 28.9 Å². The fourth-order valence-electron chi connectivity index (χ4n) is 1.36. The minimum atomic E-state index is -4.71. The molecule has 0 unspecified atom stereocenters. The van der Waals surface area contributed by atoms with Gasteiger partial charge in [0.25, 0.3) is 0 Å². The summed E-state index contributed by atoms with van der Waals surface area (Å²) in [6, 6.07) is 2.09. The molecule has 0 N–H and O–H groups in total. The van der Waals surface area contributed by atoms with Crippen LogP contribution < -0.4 is 0 Å². The second-order valence-corrected chi connectivity index (χ2v) is 3.36. The van der Waals surface area contributed by atoms with Crippen molar-refractivity contribution in [3.8, 4) is 0 Å². The fraction of sp³-hybridized carbons (Fsp3) is 0.364. The van der Waals surface area contributed by atoms with Gasteiger partial charge >= 0.3 is 6.18 Å². The fourth-order valence-corrected chi connectivity index (χ4v) is 1.36. The topological polar surface area (TPSA) is 17.1 Å². The molecular weight excluding hydrogens is 224 g/mol. The number of ketones is 1. The summed E-state index contributed by atoms with van der Waals surface area (Å²) < 4.78 is 50.2. The van der Waals surface area contributed by atoms with Gasteiger partial charge in [-0.1, -0.05) is 6.92 Å². The Balaban J connectivity index is 3.23. The Labute approximate surface area is 90.1 Å². The van der Waals surface area contributed by atoms with Gasteiger partial charge in [0.15, 0.2) is 5.78 Å². The lowest BCUT2D eigenvalue weighted by Gasteiger charge is -2.11. The number of Topliss-reactive ketones (excluding diaryl/α,β-unsaturated/α-hetero) is 1. The molecule has 0 aromatic heterocycles. The molecule has 16 heavy (non-hydrogen) atoms. The Morgan fingerprint density at radius 1 is 1.31 bits per heavy atom. The molecular formula is C11H10F4O. The van der Waals surface area contributed by atoms with Crippen LogP contribution in [0.5, 0.6) is 0 Å². The van der Waals surface area contributed by atoms with Crippen LogP contribution in [0, 0.1) is 5.82 Å². The van der Waals surface area contributed by atoms with Crippen molar-refractivity contribution in [2.24, 2.45) is 0 Å². The van der Waals surface area contributed by atoms with Gasteiger partial charge in [0.1, 0.15) is 5.82 Å². The lowest BCUT2D eigenvalue weighted by molar-refractivity contribution is -0.138. The van der Waals surface area contributed by atoms with E-state index in [2.05, 4.69) is 0 Å². The van der Waals surface area contributed by atoms with Gasteiger partial charge in [-0.3, -0.25) is 4.79 Å². The van der Waals surface area contributed by atoms with Gasteiger partial charge in [-0.05, 0) is 24.6 Å². The average Bonchev–Trinajstić information content (AvgIpc) is 2.16.